The Morgan fingerprint density at radius 3 is 3.08 bits per heavy atom. The van der Waals surface area contributed by atoms with Crippen molar-refractivity contribution in [2.24, 2.45) is 0 Å². The highest BCUT2D eigenvalue weighted by atomic mass is 16.5. The summed E-state index contributed by atoms with van der Waals surface area (Å²) in [5, 5.41) is 12.6. The van der Waals surface area contributed by atoms with E-state index in [1.165, 1.54) is 0 Å². The summed E-state index contributed by atoms with van der Waals surface area (Å²) < 4.78 is 5.33. The zero-order valence-electron chi connectivity index (χ0n) is 7.36. The van der Waals surface area contributed by atoms with E-state index in [1.54, 1.807) is 12.1 Å². The molecule has 1 saturated heterocycles. The standard InChI is InChI=1S/C10H13NO2/c12-9-3-1-2-8(6-9)10-7-13-5-4-11-10/h1-3,6,10-12H,4-5,7H2/t10-/m1/s1. The summed E-state index contributed by atoms with van der Waals surface area (Å²) >= 11 is 0. The van der Waals surface area contributed by atoms with Crippen molar-refractivity contribution in [3.63, 3.8) is 0 Å². The molecule has 1 fully saturated rings. The molecule has 0 aliphatic carbocycles. The Labute approximate surface area is 77.3 Å². The van der Waals surface area contributed by atoms with Gasteiger partial charge in [0.1, 0.15) is 5.75 Å². The molecule has 1 aromatic rings. The predicted molar refractivity (Wildman–Crippen MR) is 49.7 cm³/mol. The molecule has 1 aliphatic heterocycles. The Morgan fingerprint density at radius 2 is 2.38 bits per heavy atom. The van der Waals surface area contributed by atoms with Crippen LogP contribution in [0.5, 0.6) is 5.75 Å². The number of phenolic OH excluding ortho intramolecular Hbond substituents is 1. The van der Waals surface area contributed by atoms with Gasteiger partial charge in [-0.3, -0.25) is 0 Å². The van der Waals surface area contributed by atoms with Gasteiger partial charge < -0.3 is 15.2 Å². The van der Waals surface area contributed by atoms with Gasteiger partial charge in [0.25, 0.3) is 0 Å². The molecule has 2 N–H and O–H groups in total. The molecular formula is C10H13NO2. The smallest absolute Gasteiger partial charge is 0.115 e. The molecule has 0 unspecified atom stereocenters. The van der Waals surface area contributed by atoms with Crippen LogP contribution in [0.1, 0.15) is 11.6 Å². The van der Waals surface area contributed by atoms with Crippen molar-refractivity contribution < 1.29 is 9.84 Å². The van der Waals surface area contributed by atoms with Gasteiger partial charge in [0.2, 0.25) is 0 Å². The molecule has 0 amide bonds. The first-order valence-electron chi connectivity index (χ1n) is 4.46. The lowest BCUT2D eigenvalue weighted by Crippen LogP contribution is -2.34. The zero-order chi connectivity index (χ0) is 9.10. The third kappa shape index (κ3) is 1.99. The maximum absolute atomic E-state index is 9.28. The van der Waals surface area contributed by atoms with E-state index in [9.17, 15) is 5.11 Å². The molecule has 0 bridgehead atoms. The van der Waals surface area contributed by atoms with Crippen LogP contribution in [0.2, 0.25) is 0 Å². The van der Waals surface area contributed by atoms with Crippen LogP contribution in [-0.4, -0.2) is 24.9 Å². The highest BCUT2D eigenvalue weighted by Crippen LogP contribution is 2.19. The molecule has 0 saturated carbocycles. The second-order valence-electron chi connectivity index (χ2n) is 3.18. The van der Waals surface area contributed by atoms with Crippen LogP contribution >= 0.6 is 0 Å². The number of morpholine rings is 1. The van der Waals surface area contributed by atoms with Crippen molar-refractivity contribution in [3.8, 4) is 5.75 Å². The van der Waals surface area contributed by atoms with Crippen molar-refractivity contribution in [2.75, 3.05) is 19.8 Å². The highest BCUT2D eigenvalue weighted by molar-refractivity contribution is 5.29. The maximum Gasteiger partial charge on any atom is 0.115 e. The molecule has 13 heavy (non-hydrogen) atoms. The molecule has 70 valence electrons. The molecule has 1 heterocycles. The summed E-state index contributed by atoms with van der Waals surface area (Å²) in [5.41, 5.74) is 1.08. The zero-order valence-corrected chi connectivity index (χ0v) is 7.36. The number of phenols is 1. The second kappa shape index (κ2) is 3.77. The molecular weight excluding hydrogens is 166 g/mol. The minimum atomic E-state index is 0.223. The lowest BCUT2D eigenvalue weighted by atomic mass is 10.1. The van der Waals surface area contributed by atoms with Crippen LogP contribution in [-0.2, 0) is 4.74 Å². The van der Waals surface area contributed by atoms with E-state index in [4.69, 9.17) is 4.74 Å². The average Bonchev–Trinajstić information content (AvgIpc) is 2.19. The summed E-state index contributed by atoms with van der Waals surface area (Å²) in [6.07, 6.45) is 0. The first-order valence-corrected chi connectivity index (χ1v) is 4.46. The van der Waals surface area contributed by atoms with E-state index >= 15 is 0 Å². The second-order valence-corrected chi connectivity index (χ2v) is 3.18. The van der Waals surface area contributed by atoms with Crippen molar-refractivity contribution in [3.05, 3.63) is 29.8 Å². The normalized spacial score (nSPS) is 22.9. The summed E-state index contributed by atoms with van der Waals surface area (Å²) in [5.74, 6) is 0.310. The van der Waals surface area contributed by atoms with E-state index in [0.717, 1.165) is 18.7 Å². The number of rotatable bonds is 1. The number of benzene rings is 1. The van der Waals surface area contributed by atoms with Crippen molar-refractivity contribution in [1.29, 1.82) is 0 Å². The summed E-state index contributed by atoms with van der Waals surface area (Å²) in [6, 6.07) is 7.51. The van der Waals surface area contributed by atoms with Gasteiger partial charge in [-0.1, -0.05) is 12.1 Å². The van der Waals surface area contributed by atoms with Crippen molar-refractivity contribution in [2.45, 2.75) is 6.04 Å². The Bertz CT molecular complexity index is 282. The fraction of sp³-hybridized carbons (Fsp3) is 0.400. The molecule has 0 radical (unpaired) electrons. The fourth-order valence-corrected chi connectivity index (χ4v) is 1.52. The van der Waals surface area contributed by atoms with Crippen LogP contribution in [0.3, 0.4) is 0 Å². The van der Waals surface area contributed by atoms with Crippen LogP contribution in [0, 0.1) is 0 Å². The van der Waals surface area contributed by atoms with Crippen LogP contribution in [0.4, 0.5) is 0 Å². The van der Waals surface area contributed by atoms with Crippen molar-refractivity contribution in [1.82, 2.24) is 5.32 Å². The van der Waals surface area contributed by atoms with Gasteiger partial charge in [-0.2, -0.15) is 0 Å². The van der Waals surface area contributed by atoms with Crippen molar-refractivity contribution >= 4 is 0 Å². The fourth-order valence-electron chi connectivity index (χ4n) is 1.52. The summed E-state index contributed by atoms with van der Waals surface area (Å²) in [7, 11) is 0. The van der Waals surface area contributed by atoms with Crippen LogP contribution in [0.25, 0.3) is 0 Å². The van der Waals surface area contributed by atoms with E-state index in [0.29, 0.717) is 12.4 Å². The van der Waals surface area contributed by atoms with Gasteiger partial charge in [-0.05, 0) is 17.7 Å². The maximum atomic E-state index is 9.28. The molecule has 1 aromatic carbocycles. The molecule has 0 aromatic heterocycles. The number of hydrogen-bond donors (Lipinski definition) is 2. The molecule has 0 spiro atoms. The van der Waals surface area contributed by atoms with Gasteiger partial charge in [0.05, 0.1) is 19.3 Å². The number of aromatic hydroxyl groups is 1. The van der Waals surface area contributed by atoms with E-state index in [2.05, 4.69) is 5.32 Å². The third-order valence-electron chi connectivity index (χ3n) is 2.19. The first-order chi connectivity index (χ1) is 6.36. The lowest BCUT2D eigenvalue weighted by Gasteiger charge is -2.24. The molecule has 1 aliphatic rings. The Kier molecular flexibility index (Phi) is 2.47. The number of ether oxygens (including phenoxy) is 1. The molecule has 1 atom stereocenters. The molecule has 3 heteroatoms. The third-order valence-corrected chi connectivity index (χ3v) is 2.19. The van der Waals surface area contributed by atoms with E-state index in [-0.39, 0.29) is 6.04 Å². The SMILES string of the molecule is Oc1cccc([C@H]2COCCN2)c1. The Morgan fingerprint density at radius 1 is 1.46 bits per heavy atom. The van der Waals surface area contributed by atoms with Crippen LogP contribution < -0.4 is 5.32 Å². The van der Waals surface area contributed by atoms with Gasteiger partial charge in [-0.25, -0.2) is 0 Å². The molecule has 2 rings (SSSR count). The largest absolute Gasteiger partial charge is 0.508 e. The summed E-state index contributed by atoms with van der Waals surface area (Å²) in [6.45, 7) is 2.33. The first kappa shape index (κ1) is 8.53. The van der Waals surface area contributed by atoms with E-state index < -0.39 is 0 Å². The van der Waals surface area contributed by atoms with Gasteiger partial charge in [0.15, 0.2) is 0 Å². The average molecular weight is 179 g/mol. The van der Waals surface area contributed by atoms with Gasteiger partial charge >= 0.3 is 0 Å². The minimum Gasteiger partial charge on any atom is -0.508 e. The van der Waals surface area contributed by atoms with Crippen LogP contribution in [0.15, 0.2) is 24.3 Å². The number of hydrogen-bond acceptors (Lipinski definition) is 3. The predicted octanol–water partition coefficient (Wildman–Crippen LogP) is 1.05. The van der Waals surface area contributed by atoms with E-state index in [1.807, 2.05) is 12.1 Å². The van der Waals surface area contributed by atoms with Gasteiger partial charge in [0, 0.05) is 6.54 Å². The topological polar surface area (TPSA) is 41.5 Å². The minimum absolute atomic E-state index is 0.223. The Balaban J connectivity index is 2.14. The molecule has 3 nitrogen and oxygen atoms in total. The lowest BCUT2D eigenvalue weighted by molar-refractivity contribution is 0.0768. The summed E-state index contributed by atoms with van der Waals surface area (Å²) in [4.78, 5) is 0. The highest BCUT2D eigenvalue weighted by Gasteiger charge is 2.14. The quantitative estimate of drug-likeness (QED) is 0.677. The van der Waals surface area contributed by atoms with Gasteiger partial charge in [-0.15, -0.1) is 0 Å². The number of nitrogens with one attached hydrogen (secondary N) is 1. The monoisotopic (exact) mass is 179 g/mol. The Hall–Kier alpha value is -1.06.